The maximum absolute atomic E-state index is 13.6. The lowest BCUT2D eigenvalue weighted by molar-refractivity contribution is -0.138. The second kappa shape index (κ2) is 10.6. The molecule has 2 aromatic rings. The molecule has 4 nitrogen and oxygen atoms in total. The first-order valence-corrected chi connectivity index (χ1v) is 14.6. The van der Waals surface area contributed by atoms with Gasteiger partial charge in [-0.3, -0.25) is 4.57 Å². The van der Waals surface area contributed by atoms with Crippen LogP contribution in [0.1, 0.15) is 67.1 Å². The predicted molar refractivity (Wildman–Crippen MR) is 131 cm³/mol. The molecule has 0 bridgehead atoms. The zero-order valence-electron chi connectivity index (χ0n) is 20.3. The van der Waals surface area contributed by atoms with E-state index in [1.54, 1.807) is 0 Å². The molecule has 0 saturated heterocycles. The zero-order chi connectivity index (χ0) is 25.2. The predicted octanol–water partition coefficient (Wildman–Crippen LogP) is 7.46. The summed E-state index contributed by atoms with van der Waals surface area (Å²) in [6, 6.07) is 11.8. The number of ether oxygens (including phenoxy) is 2. The summed E-state index contributed by atoms with van der Waals surface area (Å²) in [5.41, 5.74) is 0.800. The minimum atomic E-state index is -4.38. The molecule has 0 spiro atoms. The molecule has 2 aliphatic rings. The molecule has 1 N–H and O–H groups in total. The first-order chi connectivity index (χ1) is 16.5. The average Bonchev–Trinajstić information content (AvgIpc) is 3.65. The summed E-state index contributed by atoms with van der Waals surface area (Å²) in [5.74, 6) is 1.85. The van der Waals surface area contributed by atoms with Crippen molar-refractivity contribution in [1.29, 1.82) is 0 Å². The second-order valence-corrected chi connectivity index (χ2v) is 12.7. The summed E-state index contributed by atoms with van der Waals surface area (Å²) in [6.07, 6.45) is 1.03. The van der Waals surface area contributed by atoms with Crippen LogP contribution in [0.3, 0.4) is 0 Å². The third-order valence-corrected chi connectivity index (χ3v) is 8.42. The van der Waals surface area contributed by atoms with Crippen LogP contribution in [0.25, 0.3) is 0 Å². The lowest BCUT2D eigenvalue weighted by atomic mass is 9.77. The van der Waals surface area contributed by atoms with Crippen molar-refractivity contribution >= 4 is 7.37 Å². The summed E-state index contributed by atoms with van der Waals surface area (Å²) in [5, 5.41) is 0. The summed E-state index contributed by atoms with van der Waals surface area (Å²) < 4.78 is 64.0. The summed E-state index contributed by atoms with van der Waals surface area (Å²) in [4.78, 5) is 9.92. The van der Waals surface area contributed by atoms with Gasteiger partial charge in [0.05, 0.1) is 19.3 Å². The van der Waals surface area contributed by atoms with Gasteiger partial charge >= 0.3 is 6.18 Å². The van der Waals surface area contributed by atoms with E-state index in [2.05, 4.69) is 0 Å². The maximum atomic E-state index is 13.6. The molecular formula is C27H34F3O4P. The Hall–Kier alpha value is -1.98. The highest BCUT2D eigenvalue weighted by atomic mass is 31.2. The van der Waals surface area contributed by atoms with Crippen molar-refractivity contribution in [2.75, 3.05) is 26.5 Å². The fraction of sp³-hybridized carbons (Fsp3) is 0.556. The molecule has 0 aliphatic heterocycles. The molecular weight excluding hydrogens is 476 g/mol. The van der Waals surface area contributed by atoms with Crippen LogP contribution in [0, 0.1) is 11.8 Å². The van der Waals surface area contributed by atoms with Crippen LogP contribution in [0.15, 0.2) is 42.5 Å². The Bertz CT molecular complexity index is 1050. The van der Waals surface area contributed by atoms with E-state index in [4.69, 9.17) is 9.47 Å². The van der Waals surface area contributed by atoms with E-state index in [0.29, 0.717) is 36.7 Å². The third kappa shape index (κ3) is 7.04. The average molecular weight is 511 g/mol. The van der Waals surface area contributed by atoms with Gasteiger partial charge in [-0.2, -0.15) is 13.2 Å². The van der Waals surface area contributed by atoms with E-state index in [0.717, 1.165) is 43.1 Å². The van der Waals surface area contributed by atoms with Crippen molar-refractivity contribution in [3.05, 3.63) is 59.2 Å². The Morgan fingerprint density at radius 2 is 1.74 bits per heavy atom. The number of hydrogen-bond donors (Lipinski definition) is 1. The van der Waals surface area contributed by atoms with E-state index in [-0.39, 0.29) is 23.9 Å². The van der Waals surface area contributed by atoms with E-state index >= 15 is 0 Å². The van der Waals surface area contributed by atoms with Crippen LogP contribution in [0.2, 0.25) is 0 Å². The van der Waals surface area contributed by atoms with Gasteiger partial charge in [0.25, 0.3) is 0 Å². The molecule has 0 radical (unpaired) electrons. The highest BCUT2D eigenvalue weighted by molar-refractivity contribution is 7.57. The molecule has 2 fully saturated rings. The normalized spacial score (nSPS) is 23.4. The van der Waals surface area contributed by atoms with Crippen LogP contribution in [-0.4, -0.2) is 31.4 Å². The van der Waals surface area contributed by atoms with Crippen LogP contribution < -0.4 is 9.47 Å². The Balaban J connectivity index is 1.36. The van der Waals surface area contributed by atoms with Crippen molar-refractivity contribution in [3.63, 3.8) is 0 Å². The molecule has 2 aliphatic carbocycles. The topological polar surface area (TPSA) is 55.8 Å². The lowest BCUT2D eigenvalue weighted by Crippen LogP contribution is -2.21. The number of hydrogen-bond acceptors (Lipinski definition) is 3. The Labute approximate surface area is 205 Å². The molecule has 2 atom stereocenters. The molecule has 192 valence electrons. The SMILES string of the molecule is COc1ccc(C(F)(F)F)c(C2CCC(COc3cccc(C(CP(C)(=O)O)C4CC4)c3)CC2)c1. The number of rotatable bonds is 9. The molecule has 2 saturated carbocycles. The van der Waals surface area contributed by atoms with Gasteiger partial charge in [-0.05, 0) is 104 Å². The maximum Gasteiger partial charge on any atom is 0.416 e. The van der Waals surface area contributed by atoms with Crippen LogP contribution in [0.4, 0.5) is 13.2 Å². The number of methoxy groups -OCH3 is 1. The van der Waals surface area contributed by atoms with Crippen LogP contribution in [0.5, 0.6) is 11.5 Å². The molecule has 8 heteroatoms. The highest BCUT2D eigenvalue weighted by Gasteiger charge is 2.37. The Morgan fingerprint density at radius 1 is 1.03 bits per heavy atom. The fourth-order valence-electron chi connectivity index (χ4n) is 5.34. The first-order valence-electron chi connectivity index (χ1n) is 12.3. The standard InChI is InChI=1S/C27H34F3O4P/c1-33-22-12-13-26(27(28,29)30)24(15-22)19-8-6-18(7-9-19)16-34-23-5-3-4-21(14-23)25(20-10-11-20)17-35(2,31)32/h3-5,12-15,18-20,25H,6-11,16-17H2,1-2H3,(H,31,32). The second-order valence-electron chi connectivity index (χ2n) is 10.2. The number of benzene rings is 2. The van der Waals surface area contributed by atoms with Crippen molar-refractivity contribution in [2.45, 2.75) is 56.5 Å². The van der Waals surface area contributed by atoms with E-state index < -0.39 is 19.1 Å². The minimum Gasteiger partial charge on any atom is -0.497 e. The molecule has 0 amide bonds. The van der Waals surface area contributed by atoms with Gasteiger partial charge in [0, 0.05) is 12.8 Å². The summed E-state index contributed by atoms with van der Waals surface area (Å²) in [6.45, 7) is 1.93. The van der Waals surface area contributed by atoms with Gasteiger partial charge < -0.3 is 14.4 Å². The monoisotopic (exact) mass is 510 g/mol. The van der Waals surface area contributed by atoms with Gasteiger partial charge in [-0.15, -0.1) is 0 Å². The number of halogens is 3. The summed E-state index contributed by atoms with van der Waals surface area (Å²) >= 11 is 0. The van der Waals surface area contributed by atoms with Gasteiger partial charge in [0.1, 0.15) is 11.5 Å². The van der Waals surface area contributed by atoms with E-state index in [1.165, 1.54) is 25.9 Å². The van der Waals surface area contributed by atoms with E-state index in [9.17, 15) is 22.6 Å². The lowest BCUT2D eigenvalue weighted by Gasteiger charge is -2.30. The van der Waals surface area contributed by atoms with Gasteiger partial charge in [0.15, 0.2) is 7.37 Å². The van der Waals surface area contributed by atoms with Crippen molar-refractivity contribution in [2.24, 2.45) is 11.8 Å². The van der Waals surface area contributed by atoms with E-state index in [1.807, 2.05) is 24.3 Å². The smallest absolute Gasteiger partial charge is 0.416 e. The van der Waals surface area contributed by atoms with Crippen LogP contribution in [-0.2, 0) is 10.7 Å². The van der Waals surface area contributed by atoms with Gasteiger partial charge in [-0.1, -0.05) is 12.1 Å². The Morgan fingerprint density at radius 3 is 2.34 bits per heavy atom. The molecule has 0 heterocycles. The molecule has 2 unspecified atom stereocenters. The molecule has 2 aromatic carbocycles. The van der Waals surface area contributed by atoms with Gasteiger partial charge in [0.2, 0.25) is 0 Å². The van der Waals surface area contributed by atoms with Gasteiger partial charge in [-0.25, -0.2) is 0 Å². The van der Waals surface area contributed by atoms with Crippen LogP contribution >= 0.6 is 7.37 Å². The minimum absolute atomic E-state index is 0.0699. The number of alkyl halides is 3. The molecule has 35 heavy (non-hydrogen) atoms. The fourth-order valence-corrected chi connectivity index (χ4v) is 6.58. The third-order valence-electron chi connectivity index (χ3n) is 7.35. The molecule has 0 aromatic heterocycles. The molecule has 4 rings (SSSR count). The van der Waals surface area contributed by atoms with Crippen molar-refractivity contribution in [1.82, 2.24) is 0 Å². The van der Waals surface area contributed by atoms with Crippen molar-refractivity contribution in [3.8, 4) is 11.5 Å². The summed E-state index contributed by atoms with van der Waals surface area (Å²) in [7, 11) is -1.66. The first kappa shape index (κ1) is 26.1. The highest BCUT2D eigenvalue weighted by Crippen LogP contribution is 2.51. The van der Waals surface area contributed by atoms with Crippen molar-refractivity contribution < 1.29 is 32.1 Å². The zero-order valence-corrected chi connectivity index (χ0v) is 21.2. The Kier molecular flexibility index (Phi) is 7.87. The quantitative estimate of drug-likeness (QED) is 0.356. The largest absolute Gasteiger partial charge is 0.497 e.